The maximum absolute atomic E-state index is 5.89. The van der Waals surface area contributed by atoms with Crippen molar-refractivity contribution in [3.63, 3.8) is 0 Å². The van der Waals surface area contributed by atoms with E-state index in [2.05, 4.69) is 15.5 Å². The van der Waals surface area contributed by atoms with Gasteiger partial charge < -0.3 is 19.3 Å². The zero-order valence-electron chi connectivity index (χ0n) is 11.6. The van der Waals surface area contributed by atoms with Crippen LogP contribution in [0, 0.1) is 0 Å². The molecular weight excluding hydrogens is 270 g/mol. The lowest BCUT2D eigenvalue weighted by Crippen LogP contribution is -2.27. The summed E-state index contributed by atoms with van der Waals surface area (Å²) in [6, 6.07) is 7.77. The van der Waals surface area contributed by atoms with Crippen LogP contribution in [0.1, 0.15) is 43.1 Å². The minimum Gasteiger partial charge on any atom is -0.485 e. The molecule has 0 amide bonds. The molecule has 110 valence electrons. The molecule has 4 rings (SSSR count). The summed E-state index contributed by atoms with van der Waals surface area (Å²) in [5.41, 5.74) is 0. The summed E-state index contributed by atoms with van der Waals surface area (Å²) in [6.07, 6.45) is 3.10. The molecule has 2 atom stereocenters. The van der Waals surface area contributed by atoms with E-state index in [9.17, 15) is 0 Å². The average molecular weight is 287 g/mol. The lowest BCUT2D eigenvalue weighted by molar-refractivity contribution is 0.0832. The summed E-state index contributed by atoms with van der Waals surface area (Å²) in [6.45, 7) is 1.40. The monoisotopic (exact) mass is 287 g/mol. The van der Waals surface area contributed by atoms with Gasteiger partial charge in [0.15, 0.2) is 17.6 Å². The van der Waals surface area contributed by atoms with E-state index in [4.69, 9.17) is 14.0 Å². The molecule has 0 radical (unpaired) electrons. The summed E-state index contributed by atoms with van der Waals surface area (Å²) < 4.78 is 17.0. The minimum atomic E-state index is -0.319. The topological polar surface area (TPSA) is 69.4 Å². The Labute approximate surface area is 122 Å². The van der Waals surface area contributed by atoms with Crippen molar-refractivity contribution < 1.29 is 14.0 Å². The quantitative estimate of drug-likeness (QED) is 0.914. The van der Waals surface area contributed by atoms with Gasteiger partial charge in [-0.2, -0.15) is 4.98 Å². The largest absolute Gasteiger partial charge is 0.485 e. The molecule has 0 spiro atoms. The molecule has 1 aromatic heterocycles. The first kappa shape index (κ1) is 12.6. The Morgan fingerprint density at radius 3 is 2.90 bits per heavy atom. The van der Waals surface area contributed by atoms with Gasteiger partial charge in [-0.3, -0.25) is 0 Å². The number of nitrogens with zero attached hydrogens (tertiary/aromatic N) is 2. The SMILES string of the molecule is c1ccc2c(c1)OCC(c1noc([C@@H]3CCCCN3)n1)O2. The van der Waals surface area contributed by atoms with Crippen LogP contribution < -0.4 is 14.8 Å². The molecule has 0 bridgehead atoms. The van der Waals surface area contributed by atoms with Crippen LogP contribution in [0.5, 0.6) is 11.5 Å². The van der Waals surface area contributed by atoms with Gasteiger partial charge in [-0.15, -0.1) is 0 Å². The van der Waals surface area contributed by atoms with Gasteiger partial charge in [0, 0.05) is 0 Å². The zero-order valence-corrected chi connectivity index (χ0v) is 11.6. The number of piperidine rings is 1. The number of fused-ring (bicyclic) bond motifs is 1. The fourth-order valence-corrected chi connectivity index (χ4v) is 2.73. The first-order valence-electron chi connectivity index (χ1n) is 7.35. The van der Waals surface area contributed by atoms with Crippen LogP contribution in [0.2, 0.25) is 0 Å². The maximum atomic E-state index is 5.89. The molecule has 1 fully saturated rings. The van der Waals surface area contributed by atoms with Crippen LogP contribution in [-0.2, 0) is 0 Å². The van der Waals surface area contributed by atoms with Gasteiger partial charge in [-0.05, 0) is 31.5 Å². The van der Waals surface area contributed by atoms with Gasteiger partial charge in [0.2, 0.25) is 11.7 Å². The van der Waals surface area contributed by atoms with E-state index in [1.54, 1.807) is 0 Å². The summed E-state index contributed by atoms with van der Waals surface area (Å²) in [5.74, 6) is 2.67. The van der Waals surface area contributed by atoms with Crippen LogP contribution in [0.4, 0.5) is 0 Å². The Hall–Kier alpha value is -2.08. The van der Waals surface area contributed by atoms with Crippen molar-refractivity contribution in [1.82, 2.24) is 15.5 Å². The number of hydrogen-bond acceptors (Lipinski definition) is 6. The van der Waals surface area contributed by atoms with Gasteiger partial charge in [0.1, 0.15) is 6.61 Å². The van der Waals surface area contributed by atoms with E-state index in [1.807, 2.05) is 24.3 Å². The Bertz CT molecular complexity index is 622. The number of para-hydroxylation sites is 2. The van der Waals surface area contributed by atoms with Crippen molar-refractivity contribution in [3.05, 3.63) is 36.0 Å². The van der Waals surface area contributed by atoms with Gasteiger partial charge >= 0.3 is 0 Å². The second-order valence-corrected chi connectivity index (χ2v) is 5.36. The van der Waals surface area contributed by atoms with Crippen molar-refractivity contribution in [2.75, 3.05) is 13.2 Å². The number of hydrogen-bond donors (Lipinski definition) is 1. The molecule has 6 heteroatoms. The van der Waals surface area contributed by atoms with Crippen LogP contribution in [0.3, 0.4) is 0 Å². The van der Waals surface area contributed by atoms with Crippen molar-refractivity contribution in [2.24, 2.45) is 0 Å². The summed E-state index contributed by atoms with van der Waals surface area (Å²) in [5, 5.41) is 7.46. The highest BCUT2D eigenvalue weighted by atomic mass is 16.6. The van der Waals surface area contributed by atoms with Crippen LogP contribution in [0.15, 0.2) is 28.8 Å². The predicted molar refractivity (Wildman–Crippen MR) is 74.2 cm³/mol. The van der Waals surface area contributed by atoms with E-state index in [-0.39, 0.29) is 12.1 Å². The van der Waals surface area contributed by atoms with E-state index < -0.39 is 0 Å². The van der Waals surface area contributed by atoms with Crippen LogP contribution in [-0.4, -0.2) is 23.3 Å². The van der Waals surface area contributed by atoms with E-state index in [0.717, 1.165) is 24.5 Å². The van der Waals surface area contributed by atoms with Gasteiger partial charge in [-0.25, -0.2) is 0 Å². The molecule has 21 heavy (non-hydrogen) atoms. The third-order valence-electron chi connectivity index (χ3n) is 3.86. The highest BCUT2D eigenvalue weighted by molar-refractivity contribution is 5.40. The van der Waals surface area contributed by atoms with Crippen LogP contribution >= 0.6 is 0 Å². The molecule has 2 aliphatic heterocycles. The van der Waals surface area contributed by atoms with E-state index in [0.29, 0.717) is 18.3 Å². The second kappa shape index (κ2) is 5.37. The smallest absolute Gasteiger partial charge is 0.243 e. The highest BCUT2D eigenvalue weighted by Crippen LogP contribution is 2.35. The third kappa shape index (κ3) is 2.47. The lowest BCUT2D eigenvalue weighted by Gasteiger charge is -2.24. The van der Waals surface area contributed by atoms with Gasteiger partial charge in [0.05, 0.1) is 6.04 Å². The molecule has 6 nitrogen and oxygen atoms in total. The standard InChI is InChI=1S/C15H17N3O3/c1-2-7-12-11(6-1)19-9-13(20-12)14-17-15(21-18-14)10-5-3-4-8-16-10/h1-2,6-7,10,13,16H,3-5,8-9H2/t10-,13?/m0/s1. The molecule has 2 aromatic rings. The van der Waals surface area contributed by atoms with Crippen molar-refractivity contribution >= 4 is 0 Å². The van der Waals surface area contributed by atoms with Crippen molar-refractivity contribution in [3.8, 4) is 11.5 Å². The third-order valence-corrected chi connectivity index (χ3v) is 3.86. The normalized spacial score (nSPS) is 24.8. The molecule has 1 saturated heterocycles. The minimum absolute atomic E-state index is 0.164. The fraction of sp³-hybridized carbons (Fsp3) is 0.467. The molecule has 2 aliphatic rings. The predicted octanol–water partition coefficient (Wildman–Crippen LogP) is 2.40. The number of rotatable bonds is 2. The molecular formula is C15H17N3O3. The number of aromatic nitrogens is 2. The zero-order chi connectivity index (χ0) is 14.1. The fourth-order valence-electron chi connectivity index (χ4n) is 2.73. The number of benzene rings is 1. The molecule has 1 aromatic carbocycles. The van der Waals surface area contributed by atoms with E-state index in [1.165, 1.54) is 12.8 Å². The molecule has 0 aliphatic carbocycles. The Balaban J connectivity index is 1.51. The second-order valence-electron chi connectivity index (χ2n) is 5.36. The summed E-state index contributed by atoms with van der Waals surface area (Å²) >= 11 is 0. The number of nitrogens with one attached hydrogen (secondary N) is 1. The van der Waals surface area contributed by atoms with Crippen LogP contribution in [0.25, 0.3) is 0 Å². The summed E-state index contributed by atoms with van der Waals surface area (Å²) in [7, 11) is 0. The molecule has 1 N–H and O–H groups in total. The Morgan fingerprint density at radius 1 is 1.14 bits per heavy atom. The first-order valence-corrected chi connectivity index (χ1v) is 7.35. The molecule has 0 saturated carbocycles. The maximum Gasteiger partial charge on any atom is 0.243 e. The number of ether oxygens (including phenoxy) is 2. The highest BCUT2D eigenvalue weighted by Gasteiger charge is 2.28. The van der Waals surface area contributed by atoms with E-state index >= 15 is 0 Å². The van der Waals surface area contributed by atoms with Crippen molar-refractivity contribution in [1.29, 1.82) is 0 Å². The molecule has 3 heterocycles. The first-order chi connectivity index (χ1) is 10.4. The van der Waals surface area contributed by atoms with Crippen molar-refractivity contribution in [2.45, 2.75) is 31.4 Å². The average Bonchev–Trinajstić information content (AvgIpc) is 3.05. The van der Waals surface area contributed by atoms with Gasteiger partial charge in [-0.1, -0.05) is 23.7 Å². The van der Waals surface area contributed by atoms with Gasteiger partial charge in [0.25, 0.3) is 0 Å². The molecule has 1 unspecified atom stereocenters. The lowest BCUT2D eigenvalue weighted by atomic mass is 10.1. The summed E-state index contributed by atoms with van der Waals surface area (Å²) in [4.78, 5) is 4.49. The Morgan fingerprint density at radius 2 is 2.05 bits per heavy atom. The Kier molecular flexibility index (Phi) is 3.23.